The summed E-state index contributed by atoms with van der Waals surface area (Å²) in [5.74, 6) is -2.08. The topological polar surface area (TPSA) is 81.8 Å². The van der Waals surface area contributed by atoms with Gasteiger partial charge in [-0.15, -0.1) is 10.2 Å². The van der Waals surface area contributed by atoms with Crippen LogP contribution in [-0.4, -0.2) is 33.4 Å². The van der Waals surface area contributed by atoms with Crippen LogP contribution in [0.1, 0.15) is 44.9 Å². The lowest BCUT2D eigenvalue weighted by atomic mass is 9.91. The van der Waals surface area contributed by atoms with E-state index >= 15 is 8.78 Å². The molecule has 1 N–H and O–H groups in total. The number of aromatic nitrogens is 4. The lowest BCUT2D eigenvalue weighted by Gasteiger charge is -2.35. The summed E-state index contributed by atoms with van der Waals surface area (Å²) < 4.78 is 72.5. The number of halogens is 3. The molecule has 0 amide bonds. The first-order valence-electron chi connectivity index (χ1n) is 11.1. The second-order valence-electron chi connectivity index (χ2n) is 8.77. The maximum Gasteiger partial charge on any atom is 0.236 e. The molecule has 0 radical (unpaired) electrons. The van der Waals surface area contributed by atoms with E-state index < -0.39 is 33.0 Å². The molecule has 0 saturated heterocycles. The van der Waals surface area contributed by atoms with E-state index in [1.54, 1.807) is 32.3 Å². The average molecular weight is 506 g/mol. The smallest absolute Gasteiger partial charge is 0.236 e. The van der Waals surface area contributed by atoms with Crippen molar-refractivity contribution in [1.29, 1.82) is 0 Å². The molecular formula is C24H26F3N5O2S. The van der Waals surface area contributed by atoms with E-state index in [4.69, 9.17) is 0 Å². The largest absolute Gasteiger partial charge is 0.369 e. The molecule has 0 fully saturated rings. The van der Waals surface area contributed by atoms with Crippen molar-refractivity contribution >= 4 is 26.6 Å². The van der Waals surface area contributed by atoms with Crippen molar-refractivity contribution in [1.82, 2.24) is 18.7 Å². The molecule has 1 aliphatic rings. The van der Waals surface area contributed by atoms with Gasteiger partial charge in [-0.1, -0.05) is 13.8 Å². The van der Waals surface area contributed by atoms with Gasteiger partial charge in [0, 0.05) is 17.1 Å². The van der Waals surface area contributed by atoms with Crippen LogP contribution in [0.4, 0.5) is 18.9 Å². The van der Waals surface area contributed by atoms with E-state index in [1.165, 1.54) is 12.3 Å². The van der Waals surface area contributed by atoms with Gasteiger partial charge in [0.15, 0.2) is 17.5 Å². The number of nitrogens with one attached hydrogen (secondary N) is 1. The molecular weight excluding hydrogens is 479 g/mol. The fraction of sp³-hybridized carbons (Fsp3) is 0.333. The second-order valence-corrected chi connectivity index (χ2v) is 10.6. The van der Waals surface area contributed by atoms with Crippen molar-refractivity contribution in [3.63, 3.8) is 0 Å². The minimum absolute atomic E-state index is 0.0323. The molecule has 186 valence electrons. The number of hydrogen-bond donors (Lipinski definition) is 1. The Labute approximate surface area is 201 Å². The normalized spacial score (nSPS) is 14.1. The SMILES string of the molecule is CC.Cc1c(-c2cc(F)cc3c2ccn3S(C)(=O)=O)c(F)c(F)c2c1-n1c(C)nnc1C(C)(C)N2. The first-order valence-corrected chi connectivity index (χ1v) is 12.9. The van der Waals surface area contributed by atoms with Gasteiger partial charge in [0.25, 0.3) is 0 Å². The second kappa shape index (κ2) is 8.11. The van der Waals surface area contributed by atoms with Crippen LogP contribution in [-0.2, 0) is 15.6 Å². The molecule has 0 saturated carbocycles. The zero-order valence-electron chi connectivity index (χ0n) is 20.5. The fourth-order valence-corrected chi connectivity index (χ4v) is 5.38. The third-order valence-electron chi connectivity index (χ3n) is 6.01. The van der Waals surface area contributed by atoms with E-state index in [0.717, 1.165) is 22.4 Å². The molecule has 0 bridgehead atoms. The molecule has 35 heavy (non-hydrogen) atoms. The molecule has 0 atom stereocenters. The highest BCUT2D eigenvalue weighted by Crippen LogP contribution is 2.46. The van der Waals surface area contributed by atoms with Gasteiger partial charge in [0.2, 0.25) is 10.0 Å². The van der Waals surface area contributed by atoms with E-state index in [-0.39, 0.29) is 27.7 Å². The van der Waals surface area contributed by atoms with Crippen molar-refractivity contribution in [3.8, 4) is 16.8 Å². The summed E-state index contributed by atoms with van der Waals surface area (Å²) in [5.41, 5.74) is -0.311. The molecule has 0 unspecified atom stereocenters. The summed E-state index contributed by atoms with van der Waals surface area (Å²) >= 11 is 0. The molecule has 1 aliphatic heterocycles. The molecule has 7 nitrogen and oxygen atoms in total. The Hall–Kier alpha value is -3.34. The Morgan fingerprint density at radius 2 is 1.69 bits per heavy atom. The van der Waals surface area contributed by atoms with Crippen LogP contribution in [0.3, 0.4) is 0 Å². The predicted octanol–water partition coefficient (Wildman–Crippen LogP) is 5.42. The molecule has 3 heterocycles. The quantitative estimate of drug-likeness (QED) is 0.394. The monoisotopic (exact) mass is 505 g/mol. The van der Waals surface area contributed by atoms with Gasteiger partial charge in [0.05, 0.1) is 28.7 Å². The van der Waals surface area contributed by atoms with Gasteiger partial charge in [0.1, 0.15) is 11.6 Å². The number of anilines is 1. The third-order valence-corrected chi connectivity index (χ3v) is 7.04. The number of benzene rings is 2. The highest BCUT2D eigenvalue weighted by atomic mass is 32.2. The van der Waals surface area contributed by atoms with E-state index in [0.29, 0.717) is 22.9 Å². The lowest BCUT2D eigenvalue weighted by molar-refractivity contribution is 0.488. The Morgan fingerprint density at radius 1 is 1.03 bits per heavy atom. The molecule has 11 heteroatoms. The maximum atomic E-state index is 15.6. The summed E-state index contributed by atoms with van der Waals surface area (Å²) in [4.78, 5) is 0. The van der Waals surface area contributed by atoms with Crippen molar-refractivity contribution < 1.29 is 21.6 Å². The van der Waals surface area contributed by atoms with Crippen LogP contribution in [0.25, 0.3) is 27.7 Å². The van der Waals surface area contributed by atoms with Crippen molar-refractivity contribution in [3.05, 3.63) is 59.1 Å². The van der Waals surface area contributed by atoms with Gasteiger partial charge >= 0.3 is 0 Å². The number of fused-ring (bicyclic) bond motifs is 4. The van der Waals surface area contributed by atoms with Crippen molar-refractivity contribution in [2.75, 3.05) is 11.6 Å². The average Bonchev–Trinajstić information content (AvgIpc) is 3.38. The van der Waals surface area contributed by atoms with Crippen molar-refractivity contribution in [2.45, 2.75) is 47.1 Å². The lowest BCUT2D eigenvalue weighted by Crippen LogP contribution is -2.37. The summed E-state index contributed by atoms with van der Waals surface area (Å²) in [6.45, 7) is 10.9. The summed E-state index contributed by atoms with van der Waals surface area (Å²) in [6.07, 6.45) is 2.24. The number of hydrogen-bond acceptors (Lipinski definition) is 5. The Bertz CT molecular complexity index is 1600. The van der Waals surface area contributed by atoms with Crippen LogP contribution in [0.2, 0.25) is 0 Å². The van der Waals surface area contributed by atoms with Crippen LogP contribution >= 0.6 is 0 Å². The van der Waals surface area contributed by atoms with Gasteiger partial charge < -0.3 is 5.32 Å². The highest BCUT2D eigenvalue weighted by Gasteiger charge is 2.39. The van der Waals surface area contributed by atoms with Gasteiger partial charge in [-0.3, -0.25) is 4.57 Å². The Kier molecular flexibility index (Phi) is 5.74. The number of aryl methyl sites for hydroxylation is 1. The van der Waals surface area contributed by atoms with E-state index in [9.17, 15) is 12.8 Å². The maximum absolute atomic E-state index is 15.6. The minimum atomic E-state index is -3.74. The Morgan fingerprint density at radius 3 is 2.31 bits per heavy atom. The first-order chi connectivity index (χ1) is 16.3. The third kappa shape index (κ3) is 3.60. The molecule has 2 aromatic heterocycles. The van der Waals surface area contributed by atoms with Gasteiger partial charge in [-0.25, -0.2) is 25.6 Å². The molecule has 2 aromatic carbocycles. The zero-order valence-corrected chi connectivity index (χ0v) is 21.3. The fourth-order valence-electron chi connectivity index (χ4n) is 4.59. The predicted molar refractivity (Wildman–Crippen MR) is 130 cm³/mol. The Balaban J connectivity index is 0.00000141. The summed E-state index contributed by atoms with van der Waals surface area (Å²) in [5, 5.41) is 11.6. The van der Waals surface area contributed by atoms with E-state index in [1.807, 2.05) is 13.8 Å². The summed E-state index contributed by atoms with van der Waals surface area (Å²) in [7, 11) is -3.74. The summed E-state index contributed by atoms with van der Waals surface area (Å²) in [6, 6.07) is 3.57. The first kappa shape index (κ1) is 24.8. The van der Waals surface area contributed by atoms with Gasteiger partial charge in [-0.05, 0) is 57.0 Å². The van der Waals surface area contributed by atoms with Crippen LogP contribution in [0.15, 0.2) is 24.4 Å². The molecule has 5 rings (SSSR count). The van der Waals surface area contributed by atoms with Crippen LogP contribution in [0.5, 0.6) is 0 Å². The zero-order chi connectivity index (χ0) is 26.0. The highest BCUT2D eigenvalue weighted by molar-refractivity contribution is 7.89. The molecule has 0 aliphatic carbocycles. The standard InChI is InChI=1S/C22H20F3N5O2S.C2H6/c1-10-16(14-8-12(23)9-15-13(14)6-7-29(15)33(5,31)32)17(24)18(25)19-20(10)30-11(2)27-28-21(30)22(3,4)26-19;1-2/h6-9,26H,1-5H3;1-2H3. The van der Waals surface area contributed by atoms with Crippen LogP contribution < -0.4 is 5.32 Å². The molecule has 4 aromatic rings. The van der Waals surface area contributed by atoms with Crippen LogP contribution in [0, 0.1) is 31.3 Å². The van der Waals surface area contributed by atoms with Crippen molar-refractivity contribution in [2.24, 2.45) is 0 Å². The van der Waals surface area contributed by atoms with E-state index in [2.05, 4.69) is 15.5 Å². The van der Waals surface area contributed by atoms with Gasteiger partial charge in [-0.2, -0.15) is 0 Å². The number of rotatable bonds is 2. The number of nitrogens with zero attached hydrogens (tertiary/aromatic N) is 4. The molecule has 0 spiro atoms. The minimum Gasteiger partial charge on any atom is -0.369 e.